The highest BCUT2D eigenvalue weighted by Crippen LogP contribution is 2.35. The van der Waals surface area contributed by atoms with Gasteiger partial charge in [-0.1, -0.05) is 36.4 Å². The van der Waals surface area contributed by atoms with E-state index in [4.69, 9.17) is 20.3 Å². The van der Waals surface area contributed by atoms with Gasteiger partial charge < -0.3 is 25.2 Å². The number of hydrogen-bond acceptors (Lipinski definition) is 7. The minimum atomic E-state index is -0.920. The van der Waals surface area contributed by atoms with Crippen molar-refractivity contribution in [2.45, 2.75) is 39.3 Å². The van der Waals surface area contributed by atoms with Crippen LogP contribution in [-0.4, -0.2) is 56.5 Å². The van der Waals surface area contributed by atoms with Gasteiger partial charge in [-0.3, -0.25) is 9.48 Å². The van der Waals surface area contributed by atoms with Crippen molar-refractivity contribution in [2.75, 3.05) is 25.4 Å². The van der Waals surface area contributed by atoms with E-state index in [9.17, 15) is 14.7 Å². The second kappa shape index (κ2) is 11.6. The Bertz CT molecular complexity index is 1850. The topological polar surface area (TPSA) is 133 Å². The summed E-state index contributed by atoms with van der Waals surface area (Å²) in [5, 5.41) is 17.3. The molecular formula is C33H33N5O5. The molecule has 3 heterocycles. The predicted octanol–water partition coefficient (Wildman–Crippen LogP) is 5.75. The van der Waals surface area contributed by atoms with E-state index >= 15 is 0 Å². The Labute approximate surface area is 248 Å². The van der Waals surface area contributed by atoms with Crippen LogP contribution in [0, 0.1) is 6.92 Å². The Balaban J connectivity index is 1.41. The molecule has 0 unspecified atom stereocenters. The molecule has 5 aromatic rings. The molecule has 0 aliphatic carbocycles. The van der Waals surface area contributed by atoms with Crippen LogP contribution in [-0.2, 0) is 22.6 Å². The number of carbonyl (C=O) groups excluding carboxylic acids is 1. The third kappa shape index (κ3) is 5.43. The summed E-state index contributed by atoms with van der Waals surface area (Å²) >= 11 is 0. The number of aromatic nitrogens is 3. The molecular weight excluding hydrogens is 546 g/mol. The molecule has 0 spiro atoms. The standard InChI is InChI=1S/C33H33N5O5/c1-3-42-33(41)37-15-13-22(18-37)38-29-11-10-21(23-7-5-8-25-24(23)12-14-35-32(25)34)16-27(29)28(36-38)19-43-30-9-4-6-20(2)26(30)17-31(39)40/h4-12,14,16,22H,3,13,15,17-19H2,1-2H3,(H2,34,35)(H,39,40)/t22-/m1/s1. The van der Waals surface area contributed by atoms with Crippen molar-refractivity contribution in [3.8, 4) is 16.9 Å². The van der Waals surface area contributed by atoms with Gasteiger partial charge in [0, 0.05) is 35.6 Å². The SMILES string of the molecule is CCOC(=O)N1CC[C@@H](n2nc(COc3cccc(C)c3CC(=O)O)c3cc(-c4cccc5c(N)nccc45)ccc32)C1. The van der Waals surface area contributed by atoms with Gasteiger partial charge >= 0.3 is 12.1 Å². The number of carboxylic acid groups (broad SMARTS) is 1. The lowest BCUT2D eigenvalue weighted by molar-refractivity contribution is -0.136. The number of aryl methyl sites for hydroxylation is 1. The van der Waals surface area contributed by atoms with Crippen LogP contribution in [0.3, 0.4) is 0 Å². The Kier molecular flexibility index (Phi) is 7.58. The lowest BCUT2D eigenvalue weighted by Gasteiger charge is -2.16. The molecule has 1 fully saturated rings. The molecule has 1 aliphatic heterocycles. The van der Waals surface area contributed by atoms with Crippen molar-refractivity contribution in [3.63, 3.8) is 0 Å². The number of pyridine rings is 1. The van der Waals surface area contributed by atoms with E-state index in [1.54, 1.807) is 24.1 Å². The van der Waals surface area contributed by atoms with Gasteiger partial charge in [-0.2, -0.15) is 5.10 Å². The van der Waals surface area contributed by atoms with Gasteiger partial charge in [-0.25, -0.2) is 9.78 Å². The van der Waals surface area contributed by atoms with E-state index < -0.39 is 5.97 Å². The van der Waals surface area contributed by atoms with Crippen molar-refractivity contribution in [1.82, 2.24) is 19.7 Å². The van der Waals surface area contributed by atoms with Crippen LogP contribution < -0.4 is 10.5 Å². The van der Waals surface area contributed by atoms with Crippen LogP contribution >= 0.6 is 0 Å². The van der Waals surface area contributed by atoms with E-state index in [-0.39, 0.29) is 25.2 Å². The maximum Gasteiger partial charge on any atom is 0.409 e. The van der Waals surface area contributed by atoms with Crippen LogP contribution in [0.1, 0.15) is 36.2 Å². The Morgan fingerprint density at radius 1 is 1.07 bits per heavy atom. The number of carbonyl (C=O) groups is 2. The second-order valence-electron chi connectivity index (χ2n) is 10.7. The fourth-order valence-corrected chi connectivity index (χ4v) is 5.90. The van der Waals surface area contributed by atoms with Gasteiger partial charge in [0.15, 0.2) is 0 Å². The summed E-state index contributed by atoms with van der Waals surface area (Å²) in [4.78, 5) is 29.9. The molecule has 1 aliphatic rings. The van der Waals surface area contributed by atoms with Crippen molar-refractivity contribution in [2.24, 2.45) is 0 Å². The number of nitrogen functional groups attached to an aromatic ring is 1. The molecule has 0 bridgehead atoms. The maximum absolute atomic E-state index is 12.4. The fraction of sp³-hybridized carbons (Fsp3) is 0.273. The second-order valence-corrected chi connectivity index (χ2v) is 10.7. The number of aliphatic carboxylic acids is 1. The molecule has 1 saturated heterocycles. The zero-order valence-corrected chi connectivity index (χ0v) is 24.1. The summed E-state index contributed by atoms with van der Waals surface area (Å²) in [7, 11) is 0. The van der Waals surface area contributed by atoms with Gasteiger partial charge in [0.05, 0.1) is 24.6 Å². The Hall–Kier alpha value is -5.12. The van der Waals surface area contributed by atoms with E-state index in [0.717, 1.165) is 50.5 Å². The third-order valence-electron chi connectivity index (χ3n) is 8.03. The van der Waals surface area contributed by atoms with Gasteiger partial charge in [0.25, 0.3) is 0 Å². The number of nitrogens with two attached hydrogens (primary N) is 1. The molecule has 43 heavy (non-hydrogen) atoms. The Morgan fingerprint density at radius 2 is 1.91 bits per heavy atom. The monoisotopic (exact) mass is 579 g/mol. The number of benzene rings is 3. The number of likely N-dealkylation sites (tertiary alicyclic amines) is 1. The van der Waals surface area contributed by atoms with Crippen LogP contribution in [0.15, 0.2) is 66.9 Å². The summed E-state index contributed by atoms with van der Waals surface area (Å²) in [6.45, 7) is 5.23. The number of carboxylic acids is 1. The molecule has 2 aromatic heterocycles. The average molecular weight is 580 g/mol. The van der Waals surface area contributed by atoms with Gasteiger partial charge in [-0.05, 0) is 66.6 Å². The lowest BCUT2D eigenvalue weighted by atomic mass is 9.97. The van der Waals surface area contributed by atoms with Crippen LogP contribution in [0.25, 0.3) is 32.8 Å². The van der Waals surface area contributed by atoms with E-state index in [2.05, 4.69) is 29.2 Å². The summed E-state index contributed by atoms with van der Waals surface area (Å²) in [5.74, 6) is 0.0783. The maximum atomic E-state index is 12.4. The van der Waals surface area contributed by atoms with Gasteiger partial charge in [0.2, 0.25) is 0 Å². The molecule has 3 aromatic carbocycles. The number of amides is 1. The number of nitrogens with zero attached hydrogens (tertiary/aromatic N) is 4. The first-order valence-corrected chi connectivity index (χ1v) is 14.3. The number of ether oxygens (including phenoxy) is 2. The summed E-state index contributed by atoms with van der Waals surface area (Å²) in [6.07, 6.45) is 2.01. The third-order valence-corrected chi connectivity index (χ3v) is 8.03. The highest BCUT2D eigenvalue weighted by molar-refractivity contribution is 6.02. The predicted molar refractivity (Wildman–Crippen MR) is 164 cm³/mol. The summed E-state index contributed by atoms with van der Waals surface area (Å²) in [6, 6.07) is 19.7. The molecule has 220 valence electrons. The molecule has 10 nitrogen and oxygen atoms in total. The molecule has 0 radical (unpaired) electrons. The first-order valence-electron chi connectivity index (χ1n) is 14.3. The zero-order valence-electron chi connectivity index (χ0n) is 24.1. The summed E-state index contributed by atoms with van der Waals surface area (Å²) in [5.41, 5.74) is 11.3. The van der Waals surface area contributed by atoms with Crippen LogP contribution in [0.5, 0.6) is 5.75 Å². The number of fused-ring (bicyclic) bond motifs is 2. The van der Waals surface area contributed by atoms with Gasteiger partial charge in [0.1, 0.15) is 23.9 Å². The minimum Gasteiger partial charge on any atom is -0.487 e. The van der Waals surface area contributed by atoms with E-state index in [0.29, 0.717) is 36.8 Å². The molecule has 10 heteroatoms. The lowest BCUT2D eigenvalue weighted by Crippen LogP contribution is -2.29. The molecule has 1 amide bonds. The van der Waals surface area contributed by atoms with Crippen molar-refractivity contribution in [1.29, 1.82) is 0 Å². The quantitative estimate of drug-likeness (QED) is 0.237. The molecule has 0 saturated carbocycles. The van der Waals surface area contributed by atoms with E-state index in [1.807, 2.05) is 41.9 Å². The van der Waals surface area contributed by atoms with E-state index in [1.165, 1.54) is 0 Å². The van der Waals surface area contributed by atoms with Crippen LogP contribution in [0.2, 0.25) is 0 Å². The van der Waals surface area contributed by atoms with Crippen molar-refractivity contribution >= 4 is 39.6 Å². The fourth-order valence-electron chi connectivity index (χ4n) is 5.90. The average Bonchev–Trinajstić information content (AvgIpc) is 3.62. The number of hydrogen-bond donors (Lipinski definition) is 2. The largest absolute Gasteiger partial charge is 0.487 e. The highest BCUT2D eigenvalue weighted by atomic mass is 16.6. The van der Waals surface area contributed by atoms with Crippen molar-refractivity contribution < 1.29 is 24.2 Å². The zero-order chi connectivity index (χ0) is 30.1. The Morgan fingerprint density at radius 3 is 2.72 bits per heavy atom. The minimum absolute atomic E-state index is 0.0310. The molecule has 6 rings (SSSR count). The molecule has 3 N–H and O–H groups in total. The number of anilines is 1. The first-order chi connectivity index (χ1) is 20.8. The van der Waals surface area contributed by atoms with Crippen molar-refractivity contribution in [3.05, 3.63) is 83.7 Å². The smallest absolute Gasteiger partial charge is 0.409 e. The van der Waals surface area contributed by atoms with Gasteiger partial charge in [-0.15, -0.1) is 0 Å². The highest BCUT2D eigenvalue weighted by Gasteiger charge is 2.30. The first kappa shape index (κ1) is 28.0. The molecule has 1 atom stereocenters. The number of rotatable bonds is 8. The van der Waals surface area contributed by atoms with Crippen LogP contribution in [0.4, 0.5) is 10.6 Å². The summed E-state index contributed by atoms with van der Waals surface area (Å²) < 4.78 is 13.5. The normalized spacial score (nSPS) is 14.8.